The maximum absolute atomic E-state index is 15.2. The molecule has 0 spiro atoms. The molecule has 0 unspecified atom stereocenters. The second-order valence-electron chi connectivity index (χ2n) is 9.68. The highest BCUT2D eigenvalue weighted by Gasteiger charge is 2.28. The number of aryl methyl sites for hydroxylation is 1. The predicted octanol–water partition coefficient (Wildman–Crippen LogP) is 8.99. The van der Waals surface area contributed by atoms with Crippen LogP contribution in [0.3, 0.4) is 0 Å². The van der Waals surface area contributed by atoms with Gasteiger partial charge in [-0.1, -0.05) is 70.9 Å². The van der Waals surface area contributed by atoms with Crippen molar-refractivity contribution < 1.29 is 13.2 Å². The lowest BCUT2D eigenvalue weighted by atomic mass is 9.76. The van der Waals surface area contributed by atoms with Gasteiger partial charge in [0.2, 0.25) is 0 Å². The molecule has 0 aromatic heterocycles. The van der Waals surface area contributed by atoms with Crippen molar-refractivity contribution in [3.8, 4) is 0 Å². The van der Waals surface area contributed by atoms with Crippen molar-refractivity contribution in [2.75, 3.05) is 0 Å². The number of halogens is 3. The highest BCUT2D eigenvalue weighted by molar-refractivity contribution is 5.37. The maximum Gasteiger partial charge on any atom is 0.266 e. The molecule has 1 aromatic rings. The van der Waals surface area contributed by atoms with Crippen molar-refractivity contribution in [3.05, 3.63) is 34.6 Å². The fourth-order valence-electron chi connectivity index (χ4n) is 5.88. The molecule has 2 aliphatic rings. The van der Waals surface area contributed by atoms with E-state index in [1.54, 1.807) is 0 Å². The number of hydrogen-bond acceptors (Lipinski definition) is 0. The first-order valence-corrected chi connectivity index (χ1v) is 12.1. The van der Waals surface area contributed by atoms with Crippen LogP contribution < -0.4 is 0 Å². The molecule has 3 heteroatoms. The molecule has 0 nitrogen and oxygen atoms in total. The lowest BCUT2D eigenvalue weighted by Crippen LogP contribution is -2.16. The van der Waals surface area contributed by atoms with Crippen molar-refractivity contribution >= 4 is 0 Å². The van der Waals surface area contributed by atoms with Crippen LogP contribution in [-0.2, 0) is 6.42 Å². The van der Waals surface area contributed by atoms with Gasteiger partial charge in [-0.05, 0) is 73.3 Å². The Labute approximate surface area is 175 Å². The Kier molecular flexibility index (Phi) is 8.50. The Bertz CT molecular complexity index is 623. The molecule has 0 saturated heterocycles. The predicted molar refractivity (Wildman–Crippen MR) is 115 cm³/mol. The van der Waals surface area contributed by atoms with E-state index in [1.165, 1.54) is 38.5 Å². The molecule has 0 atom stereocenters. The van der Waals surface area contributed by atoms with Gasteiger partial charge >= 0.3 is 0 Å². The molecule has 0 amide bonds. The van der Waals surface area contributed by atoms with E-state index in [2.05, 4.69) is 13.8 Å². The molecule has 0 bridgehead atoms. The molecule has 2 saturated carbocycles. The number of alkyl halides is 2. The van der Waals surface area contributed by atoms with E-state index in [0.29, 0.717) is 23.5 Å². The largest absolute Gasteiger partial charge is 0.266 e. The normalized spacial score (nSPS) is 28.1. The summed E-state index contributed by atoms with van der Waals surface area (Å²) in [4.78, 5) is 0. The maximum atomic E-state index is 15.2. The third-order valence-corrected chi connectivity index (χ3v) is 7.87. The summed E-state index contributed by atoms with van der Waals surface area (Å²) in [6.07, 6.45) is 11.5. The molecular formula is C26H39F3. The summed E-state index contributed by atoms with van der Waals surface area (Å²) < 4.78 is 42.8. The molecule has 2 aliphatic carbocycles. The van der Waals surface area contributed by atoms with Crippen molar-refractivity contribution in [2.45, 2.75) is 110 Å². The molecule has 2 fully saturated rings. The fraction of sp³-hybridized carbons (Fsp3) is 0.769. The third-order valence-electron chi connectivity index (χ3n) is 7.87. The zero-order chi connectivity index (χ0) is 20.8. The first-order valence-electron chi connectivity index (χ1n) is 12.1. The SMILES string of the molecule is CCCC1CCC(CCc2ccc(C3CCC(CC)CC3)c(F)c2C(F)F)CC1. The Morgan fingerprint density at radius 3 is 1.97 bits per heavy atom. The zero-order valence-corrected chi connectivity index (χ0v) is 18.4. The van der Waals surface area contributed by atoms with E-state index < -0.39 is 12.2 Å². The average molecular weight is 409 g/mol. The molecular weight excluding hydrogens is 369 g/mol. The highest BCUT2D eigenvalue weighted by atomic mass is 19.3. The van der Waals surface area contributed by atoms with Crippen LogP contribution >= 0.6 is 0 Å². The highest BCUT2D eigenvalue weighted by Crippen LogP contribution is 2.41. The molecule has 1 aromatic carbocycles. The quantitative estimate of drug-likeness (QED) is 0.402. The van der Waals surface area contributed by atoms with Gasteiger partial charge in [-0.25, -0.2) is 13.2 Å². The van der Waals surface area contributed by atoms with Gasteiger partial charge in [0.25, 0.3) is 6.43 Å². The average Bonchev–Trinajstić information content (AvgIpc) is 2.73. The van der Waals surface area contributed by atoms with Crippen LogP contribution in [0.2, 0.25) is 0 Å². The van der Waals surface area contributed by atoms with Gasteiger partial charge in [0.05, 0.1) is 5.56 Å². The molecule has 3 rings (SSSR count). The van der Waals surface area contributed by atoms with Crippen LogP contribution in [0.1, 0.15) is 120 Å². The van der Waals surface area contributed by atoms with Crippen molar-refractivity contribution in [1.82, 2.24) is 0 Å². The number of hydrogen-bond donors (Lipinski definition) is 0. The monoisotopic (exact) mass is 408 g/mol. The van der Waals surface area contributed by atoms with Crippen LogP contribution in [-0.4, -0.2) is 0 Å². The summed E-state index contributed by atoms with van der Waals surface area (Å²) in [6.45, 7) is 4.44. The summed E-state index contributed by atoms with van der Waals surface area (Å²) in [5, 5.41) is 0. The fourth-order valence-corrected chi connectivity index (χ4v) is 5.88. The molecule has 0 heterocycles. The van der Waals surface area contributed by atoms with E-state index in [9.17, 15) is 8.78 Å². The molecule has 0 radical (unpaired) electrons. The summed E-state index contributed by atoms with van der Waals surface area (Å²) in [5.41, 5.74) is 0.776. The van der Waals surface area contributed by atoms with E-state index >= 15 is 4.39 Å². The second-order valence-corrected chi connectivity index (χ2v) is 9.68. The van der Waals surface area contributed by atoms with Gasteiger partial charge in [-0.2, -0.15) is 0 Å². The van der Waals surface area contributed by atoms with Crippen LogP contribution in [0.25, 0.3) is 0 Å². The second kappa shape index (κ2) is 10.9. The van der Waals surface area contributed by atoms with E-state index in [4.69, 9.17) is 0 Å². The van der Waals surface area contributed by atoms with E-state index in [0.717, 1.165) is 50.4 Å². The van der Waals surface area contributed by atoms with Gasteiger partial charge in [-0.15, -0.1) is 0 Å². The summed E-state index contributed by atoms with van der Waals surface area (Å²) >= 11 is 0. The van der Waals surface area contributed by atoms with Gasteiger partial charge in [0, 0.05) is 0 Å². The lowest BCUT2D eigenvalue weighted by Gasteiger charge is -2.30. The third kappa shape index (κ3) is 5.79. The molecule has 29 heavy (non-hydrogen) atoms. The molecule has 0 N–H and O–H groups in total. The minimum absolute atomic E-state index is 0.109. The minimum atomic E-state index is -2.72. The summed E-state index contributed by atoms with van der Waals surface area (Å²) in [5.74, 6) is 1.69. The van der Waals surface area contributed by atoms with Gasteiger partial charge in [0.15, 0.2) is 0 Å². The number of benzene rings is 1. The van der Waals surface area contributed by atoms with Crippen LogP contribution in [0.15, 0.2) is 12.1 Å². The Morgan fingerprint density at radius 2 is 1.41 bits per heavy atom. The van der Waals surface area contributed by atoms with Gasteiger partial charge in [-0.3, -0.25) is 0 Å². The molecule has 0 aliphatic heterocycles. The smallest absolute Gasteiger partial charge is 0.206 e. The first-order chi connectivity index (χ1) is 14.0. The van der Waals surface area contributed by atoms with Gasteiger partial charge < -0.3 is 0 Å². The van der Waals surface area contributed by atoms with Crippen LogP contribution in [0.5, 0.6) is 0 Å². The van der Waals surface area contributed by atoms with Crippen molar-refractivity contribution in [3.63, 3.8) is 0 Å². The van der Waals surface area contributed by atoms with Crippen molar-refractivity contribution in [1.29, 1.82) is 0 Å². The van der Waals surface area contributed by atoms with Crippen LogP contribution in [0.4, 0.5) is 13.2 Å². The summed E-state index contributed by atoms with van der Waals surface area (Å²) in [7, 11) is 0. The molecule has 164 valence electrons. The van der Waals surface area contributed by atoms with E-state index in [1.807, 2.05) is 12.1 Å². The minimum Gasteiger partial charge on any atom is -0.206 e. The van der Waals surface area contributed by atoms with Crippen LogP contribution in [0, 0.1) is 23.6 Å². The number of rotatable bonds is 8. The Balaban J connectivity index is 1.64. The van der Waals surface area contributed by atoms with Crippen molar-refractivity contribution in [2.24, 2.45) is 17.8 Å². The summed E-state index contributed by atoms with van der Waals surface area (Å²) in [6, 6.07) is 3.64. The standard InChI is InChI=1S/C26H39F3/c1-3-5-19-6-8-20(9-7-19)12-15-22-16-17-23(25(27)24(22)26(28)29)21-13-10-18(4-2)11-14-21/h16-21,26H,3-15H2,1-2H3. The lowest BCUT2D eigenvalue weighted by molar-refractivity contribution is 0.144. The first kappa shape index (κ1) is 22.7. The Morgan fingerprint density at radius 1 is 0.828 bits per heavy atom. The Hall–Kier alpha value is -0.990. The topological polar surface area (TPSA) is 0 Å². The zero-order valence-electron chi connectivity index (χ0n) is 18.4. The van der Waals surface area contributed by atoms with E-state index in [-0.39, 0.29) is 11.5 Å². The van der Waals surface area contributed by atoms with Gasteiger partial charge in [0.1, 0.15) is 5.82 Å².